The average Bonchev–Trinajstić information content (AvgIpc) is 3.33. The van der Waals surface area contributed by atoms with E-state index in [1.54, 1.807) is 12.1 Å². The highest BCUT2D eigenvalue weighted by molar-refractivity contribution is 5.83. The number of aliphatic hydroxyl groups excluding tert-OH is 1. The summed E-state index contributed by atoms with van der Waals surface area (Å²) in [5.41, 5.74) is -3.31. The van der Waals surface area contributed by atoms with Crippen molar-refractivity contribution < 1.29 is 40.6 Å². The Morgan fingerprint density at radius 3 is 2.05 bits per heavy atom. The van der Waals surface area contributed by atoms with E-state index in [4.69, 9.17) is 0 Å². The summed E-state index contributed by atoms with van der Waals surface area (Å²) in [5.74, 6) is -0.576. The fourth-order valence-electron chi connectivity index (χ4n) is 5.66. The van der Waals surface area contributed by atoms with Gasteiger partial charge in [0, 0.05) is 12.6 Å². The third kappa shape index (κ3) is 6.31. The lowest BCUT2D eigenvalue weighted by atomic mass is 9.85. The van der Waals surface area contributed by atoms with E-state index in [0.717, 1.165) is 31.5 Å². The molecule has 4 rings (SSSR count). The highest BCUT2D eigenvalue weighted by Crippen LogP contribution is 2.42. The number of amides is 1. The molecule has 208 valence electrons. The number of alkyl halides is 6. The van der Waals surface area contributed by atoms with Gasteiger partial charge in [-0.2, -0.15) is 26.3 Å². The van der Waals surface area contributed by atoms with Crippen molar-refractivity contribution in [2.24, 2.45) is 5.41 Å². The average molecular weight is 547 g/mol. The van der Waals surface area contributed by atoms with E-state index in [1.165, 1.54) is 12.1 Å². The molecule has 1 heterocycles. The lowest BCUT2D eigenvalue weighted by Crippen LogP contribution is -2.45. The van der Waals surface area contributed by atoms with Crippen LogP contribution in [0.15, 0.2) is 42.5 Å². The Hall–Kier alpha value is -2.66. The molecule has 2 aromatic carbocycles. The number of hydrogen-bond acceptors (Lipinski definition) is 3. The van der Waals surface area contributed by atoms with Gasteiger partial charge in [0.05, 0.1) is 23.1 Å². The van der Waals surface area contributed by atoms with E-state index < -0.39 is 48.0 Å². The Bertz CT molecular complexity index is 1090. The molecule has 4 nitrogen and oxygen atoms in total. The number of rotatable bonds is 6. The summed E-state index contributed by atoms with van der Waals surface area (Å²) in [7, 11) is 0. The summed E-state index contributed by atoms with van der Waals surface area (Å²) in [6, 6.07) is 7.69. The van der Waals surface area contributed by atoms with Gasteiger partial charge in [-0.15, -0.1) is 0 Å². The maximum absolute atomic E-state index is 13.2. The molecule has 1 aliphatic heterocycles. The van der Waals surface area contributed by atoms with Crippen LogP contribution in [0, 0.1) is 11.2 Å². The summed E-state index contributed by atoms with van der Waals surface area (Å²) >= 11 is 0. The van der Waals surface area contributed by atoms with E-state index in [-0.39, 0.29) is 23.5 Å². The first-order chi connectivity index (χ1) is 17.8. The maximum Gasteiger partial charge on any atom is 0.416 e. The van der Waals surface area contributed by atoms with Crippen LogP contribution in [0.4, 0.5) is 30.7 Å². The fourth-order valence-corrected chi connectivity index (χ4v) is 5.66. The fraction of sp³-hybridized carbons (Fsp3) is 0.519. The number of benzene rings is 2. The van der Waals surface area contributed by atoms with Crippen LogP contribution in [0.25, 0.3) is 0 Å². The van der Waals surface area contributed by atoms with Gasteiger partial charge in [0.1, 0.15) is 5.82 Å². The third-order valence-corrected chi connectivity index (χ3v) is 7.85. The number of likely N-dealkylation sites (tertiary alicyclic amines) is 1. The molecular formula is C27H29F7N2O2. The van der Waals surface area contributed by atoms with E-state index in [0.29, 0.717) is 37.3 Å². The highest BCUT2D eigenvalue weighted by atomic mass is 19.4. The van der Waals surface area contributed by atoms with Crippen LogP contribution in [0.1, 0.15) is 60.3 Å². The quantitative estimate of drug-likeness (QED) is 0.445. The lowest BCUT2D eigenvalue weighted by molar-refractivity contribution is -0.143. The molecule has 0 aromatic heterocycles. The van der Waals surface area contributed by atoms with Crippen LogP contribution in [0.2, 0.25) is 0 Å². The topological polar surface area (TPSA) is 52.6 Å². The summed E-state index contributed by atoms with van der Waals surface area (Å²) in [6.45, 7) is 0.527. The largest absolute Gasteiger partial charge is 0.416 e. The molecule has 2 aromatic rings. The smallest absolute Gasteiger partial charge is 0.395 e. The molecule has 0 spiro atoms. The van der Waals surface area contributed by atoms with Crippen molar-refractivity contribution in [1.29, 1.82) is 0 Å². The second-order valence-corrected chi connectivity index (χ2v) is 10.3. The molecule has 0 bridgehead atoms. The molecule has 38 heavy (non-hydrogen) atoms. The molecule has 0 radical (unpaired) electrons. The third-order valence-electron chi connectivity index (χ3n) is 7.85. The first-order valence-electron chi connectivity index (χ1n) is 12.5. The zero-order valence-corrected chi connectivity index (χ0v) is 20.5. The van der Waals surface area contributed by atoms with Gasteiger partial charge in [-0.05, 0) is 92.6 Å². The Morgan fingerprint density at radius 2 is 1.53 bits per heavy atom. The second-order valence-electron chi connectivity index (χ2n) is 10.3. The second kappa shape index (κ2) is 10.8. The normalized spacial score (nSPS) is 23.5. The van der Waals surface area contributed by atoms with Crippen LogP contribution in [-0.4, -0.2) is 41.7 Å². The number of nitrogens with one attached hydrogen (secondary N) is 1. The number of carbonyl (C=O) groups excluding carboxylic acids is 1. The van der Waals surface area contributed by atoms with Gasteiger partial charge in [-0.3, -0.25) is 4.79 Å². The summed E-state index contributed by atoms with van der Waals surface area (Å²) in [4.78, 5) is 15.3. The van der Waals surface area contributed by atoms with Crippen molar-refractivity contribution in [3.63, 3.8) is 0 Å². The summed E-state index contributed by atoms with van der Waals surface area (Å²) in [5, 5.41) is 12.6. The Kier molecular flexibility index (Phi) is 8.09. The first kappa shape index (κ1) is 28.4. The molecule has 2 fully saturated rings. The monoisotopic (exact) mass is 546 g/mol. The Balaban J connectivity index is 1.38. The minimum atomic E-state index is -4.98. The van der Waals surface area contributed by atoms with Gasteiger partial charge < -0.3 is 15.3 Å². The molecule has 2 N–H and O–H groups in total. The summed E-state index contributed by atoms with van der Waals surface area (Å²) in [6.07, 6.45) is -6.91. The highest BCUT2D eigenvalue weighted by Gasteiger charge is 2.47. The van der Waals surface area contributed by atoms with E-state index in [9.17, 15) is 40.6 Å². The molecule has 1 unspecified atom stereocenters. The van der Waals surface area contributed by atoms with Gasteiger partial charge in [-0.25, -0.2) is 4.39 Å². The zero-order chi connectivity index (χ0) is 27.7. The molecule has 1 saturated carbocycles. The molecule has 2 atom stereocenters. The van der Waals surface area contributed by atoms with E-state index in [1.807, 2.05) is 0 Å². The molecule has 11 heteroatoms. The Labute approximate surface area is 215 Å². The number of carbonyl (C=O) groups is 1. The maximum atomic E-state index is 13.2. The number of piperidine rings is 1. The van der Waals surface area contributed by atoms with Crippen molar-refractivity contribution in [2.45, 2.75) is 63.0 Å². The first-order valence-corrected chi connectivity index (χ1v) is 12.5. The predicted octanol–water partition coefficient (Wildman–Crippen LogP) is 5.89. The van der Waals surface area contributed by atoms with E-state index in [2.05, 4.69) is 10.2 Å². The van der Waals surface area contributed by atoms with Gasteiger partial charge in [0.2, 0.25) is 5.91 Å². The number of halogens is 7. The van der Waals surface area contributed by atoms with Crippen molar-refractivity contribution in [1.82, 2.24) is 10.2 Å². The molecule has 2 aliphatic rings. The van der Waals surface area contributed by atoms with Crippen LogP contribution in [0.3, 0.4) is 0 Å². The van der Waals surface area contributed by atoms with Gasteiger partial charge in [-0.1, -0.05) is 12.1 Å². The van der Waals surface area contributed by atoms with Crippen molar-refractivity contribution in [3.05, 3.63) is 70.5 Å². The van der Waals surface area contributed by atoms with Crippen molar-refractivity contribution >= 4 is 5.91 Å². The number of aliphatic hydroxyl groups is 1. The van der Waals surface area contributed by atoms with Gasteiger partial charge in [0.25, 0.3) is 0 Å². The summed E-state index contributed by atoms with van der Waals surface area (Å²) < 4.78 is 92.1. The SMILES string of the molecule is O=C(NCc1cc(C(F)(F)F)cc(C(F)(F)F)c1)[C@@]1(CO)CCC(N2CCC(c3ccc(F)cc3)CC2)C1. The van der Waals surface area contributed by atoms with Crippen LogP contribution in [-0.2, 0) is 23.7 Å². The minimum Gasteiger partial charge on any atom is -0.395 e. The minimum absolute atomic E-state index is 0.0208. The van der Waals surface area contributed by atoms with Crippen LogP contribution < -0.4 is 5.32 Å². The number of nitrogens with zero attached hydrogens (tertiary/aromatic N) is 1. The van der Waals surface area contributed by atoms with Crippen LogP contribution >= 0.6 is 0 Å². The zero-order valence-electron chi connectivity index (χ0n) is 20.5. The standard InChI is InChI=1S/C27H29F7N2O2/c28-22-3-1-18(2-4-22)19-6-9-36(10-7-19)23-5-8-25(14-23,16-37)24(38)35-15-17-11-20(26(29,30)31)13-21(12-17)27(32,33)34/h1-4,11-13,19,23,37H,5-10,14-16H2,(H,35,38)/t23?,25-/m0/s1. The Morgan fingerprint density at radius 1 is 0.947 bits per heavy atom. The predicted molar refractivity (Wildman–Crippen MR) is 125 cm³/mol. The lowest BCUT2D eigenvalue weighted by Gasteiger charge is -2.37. The van der Waals surface area contributed by atoms with Gasteiger partial charge >= 0.3 is 12.4 Å². The molecule has 1 amide bonds. The van der Waals surface area contributed by atoms with Crippen molar-refractivity contribution in [2.75, 3.05) is 19.7 Å². The van der Waals surface area contributed by atoms with Crippen molar-refractivity contribution in [3.8, 4) is 0 Å². The molecular weight excluding hydrogens is 517 g/mol. The molecule has 1 saturated heterocycles. The van der Waals surface area contributed by atoms with E-state index >= 15 is 0 Å². The molecule has 1 aliphatic carbocycles. The van der Waals surface area contributed by atoms with Gasteiger partial charge in [0.15, 0.2) is 0 Å². The van der Waals surface area contributed by atoms with Crippen LogP contribution in [0.5, 0.6) is 0 Å². The number of hydrogen-bond donors (Lipinski definition) is 2.